The van der Waals surface area contributed by atoms with Crippen LogP contribution < -0.4 is 9.96 Å². The molecule has 5 aromatic rings. The van der Waals surface area contributed by atoms with Crippen molar-refractivity contribution in [3.63, 3.8) is 0 Å². The number of amides is 2. The lowest BCUT2D eigenvalue weighted by Crippen LogP contribution is -2.63. The maximum absolute atomic E-state index is 15.6. The van der Waals surface area contributed by atoms with Gasteiger partial charge in [-0.2, -0.15) is 0 Å². The smallest absolute Gasteiger partial charge is 0.271 e. The van der Waals surface area contributed by atoms with Gasteiger partial charge in [0.15, 0.2) is 0 Å². The zero-order valence-electron chi connectivity index (χ0n) is 22.9. The molecule has 0 spiro atoms. The molecule has 2 aliphatic heterocycles. The molecule has 2 bridgehead atoms. The van der Waals surface area contributed by atoms with Crippen LogP contribution in [0.1, 0.15) is 45.7 Å². The zero-order chi connectivity index (χ0) is 28.9. The van der Waals surface area contributed by atoms with Crippen LogP contribution in [0.15, 0.2) is 138 Å². The summed E-state index contributed by atoms with van der Waals surface area (Å²) in [5.41, 5.74) is 3.68. The van der Waals surface area contributed by atoms with Crippen molar-refractivity contribution in [2.45, 2.75) is 23.5 Å². The van der Waals surface area contributed by atoms with Crippen molar-refractivity contribution in [1.82, 2.24) is 0 Å². The molecule has 2 heterocycles. The fraction of sp³-hybridized carbons (Fsp3) is 0.135. The van der Waals surface area contributed by atoms with E-state index in [-0.39, 0.29) is 11.8 Å². The second-order valence-electron chi connectivity index (χ2n) is 11.7. The van der Waals surface area contributed by atoms with Crippen molar-refractivity contribution in [2.24, 2.45) is 5.41 Å². The van der Waals surface area contributed by atoms with E-state index in [0.717, 1.165) is 38.0 Å². The molecule has 6 heteroatoms. The van der Waals surface area contributed by atoms with Gasteiger partial charge in [0.05, 0.1) is 17.3 Å². The highest BCUT2D eigenvalue weighted by Gasteiger charge is 2.87. The Bertz CT molecular complexity index is 1920. The number of anilines is 2. The normalized spacial score (nSPS) is 28.0. The third-order valence-electron chi connectivity index (χ3n) is 9.89. The monoisotopic (exact) mass is 624 g/mol. The first kappa shape index (κ1) is 25.0. The molecule has 3 unspecified atom stereocenters. The number of imide groups is 1. The molecule has 2 amide bonds. The Morgan fingerprint density at radius 1 is 0.581 bits per heavy atom. The van der Waals surface area contributed by atoms with E-state index in [2.05, 4.69) is 46.3 Å². The molecule has 208 valence electrons. The van der Waals surface area contributed by atoms with Crippen LogP contribution in [-0.4, -0.2) is 17.4 Å². The summed E-state index contributed by atoms with van der Waals surface area (Å²) in [5.74, 6) is -1.46. The van der Waals surface area contributed by atoms with Crippen molar-refractivity contribution in [2.75, 3.05) is 9.96 Å². The van der Waals surface area contributed by atoms with Gasteiger partial charge in [-0.05, 0) is 64.2 Å². The Morgan fingerprint density at radius 3 is 1.70 bits per heavy atom. The van der Waals surface area contributed by atoms with Gasteiger partial charge in [-0.1, -0.05) is 113 Å². The topological polar surface area (TPSA) is 49.9 Å². The average molecular weight is 626 g/mol. The second-order valence-corrected chi connectivity index (χ2v) is 12.6. The minimum absolute atomic E-state index is 0.230. The Kier molecular flexibility index (Phi) is 5.09. The molecular formula is C37H25BrN2O3. The molecule has 43 heavy (non-hydrogen) atoms. The van der Waals surface area contributed by atoms with Crippen molar-refractivity contribution < 1.29 is 14.4 Å². The summed E-state index contributed by atoms with van der Waals surface area (Å²) in [6.07, 6.45) is 0. The fourth-order valence-electron chi connectivity index (χ4n) is 8.52. The number of nitrogens with zero attached hydrogens (tertiary/aromatic N) is 2. The predicted molar refractivity (Wildman–Crippen MR) is 168 cm³/mol. The van der Waals surface area contributed by atoms with Crippen molar-refractivity contribution in [1.29, 1.82) is 0 Å². The molecule has 0 radical (unpaired) electrons. The fourth-order valence-corrected chi connectivity index (χ4v) is 8.93. The maximum Gasteiger partial charge on any atom is 0.271 e. The molecule has 2 fully saturated rings. The number of carbonyl (C=O) groups is 2. The van der Waals surface area contributed by atoms with Gasteiger partial charge in [0.1, 0.15) is 11.5 Å². The number of carbonyl (C=O) groups excluding carboxylic acids is 2. The van der Waals surface area contributed by atoms with Crippen molar-refractivity contribution in [3.05, 3.63) is 166 Å². The highest BCUT2D eigenvalue weighted by atomic mass is 79.9. The van der Waals surface area contributed by atoms with Gasteiger partial charge in [-0.25, -0.2) is 9.96 Å². The van der Waals surface area contributed by atoms with E-state index >= 15 is 9.59 Å². The zero-order valence-corrected chi connectivity index (χ0v) is 24.5. The molecule has 3 aliphatic carbocycles. The van der Waals surface area contributed by atoms with Crippen LogP contribution in [-0.2, 0) is 14.4 Å². The van der Waals surface area contributed by atoms with E-state index in [0.29, 0.717) is 5.69 Å². The van der Waals surface area contributed by atoms with Gasteiger partial charge >= 0.3 is 0 Å². The van der Waals surface area contributed by atoms with Crippen LogP contribution in [0.2, 0.25) is 0 Å². The average Bonchev–Trinajstić information content (AvgIpc) is 3.49. The van der Waals surface area contributed by atoms with Gasteiger partial charge in [0.25, 0.3) is 5.91 Å². The summed E-state index contributed by atoms with van der Waals surface area (Å²) >= 11 is 3.69. The lowest BCUT2D eigenvalue weighted by atomic mass is 9.43. The lowest BCUT2D eigenvalue weighted by molar-refractivity contribution is -0.153. The Morgan fingerprint density at radius 2 is 1.12 bits per heavy atom. The van der Waals surface area contributed by atoms with E-state index in [4.69, 9.17) is 4.84 Å². The SMILES string of the molecule is O=C1N(c2ccccc2)C(=O)C23C4c5ccccc5C(c5ccccc54)C12ON(c1ccccc1)C3c1cccc(Br)c1. The Labute approximate surface area is 257 Å². The predicted octanol–water partition coefficient (Wildman–Crippen LogP) is 7.53. The number of rotatable bonds is 3. The first-order valence-electron chi connectivity index (χ1n) is 14.5. The molecule has 0 N–H and O–H groups in total. The van der Waals surface area contributed by atoms with Crippen LogP contribution in [0.25, 0.3) is 0 Å². The number of hydrogen-bond donors (Lipinski definition) is 0. The molecule has 0 saturated carbocycles. The van der Waals surface area contributed by atoms with Crippen LogP contribution in [0, 0.1) is 5.41 Å². The molecule has 5 aromatic carbocycles. The van der Waals surface area contributed by atoms with E-state index in [1.54, 1.807) is 0 Å². The highest BCUT2D eigenvalue weighted by molar-refractivity contribution is 9.10. The summed E-state index contributed by atoms with van der Waals surface area (Å²) in [6.45, 7) is 0. The quantitative estimate of drug-likeness (QED) is 0.195. The Hall–Kier alpha value is -4.52. The minimum atomic E-state index is -1.52. The van der Waals surface area contributed by atoms with Crippen LogP contribution >= 0.6 is 15.9 Å². The maximum atomic E-state index is 15.6. The van der Waals surface area contributed by atoms with Gasteiger partial charge in [-0.15, -0.1) is 0 Å². The molecule has 10 rings (SSSR count). The number of para-hydroxylation sites is 2. The molecule has 3 atom stereocenters. The van der Waals surface area contributed by atoms with Gasteiger partial charge in [0.2, 0.25) is 11.5 Å². The summed E-state index contributed by atoms with van der Waals surface area (Å²) in [5, 5.41) is 1.86. The molecule has 0 aromatic heterocycles. The lowest BCUT2D eigenvalue weighted by Gasteiger charge is -2.55. The van der Waals surface area contributed by atoms with Crippen LogP contribution in [0.3, 0.4) is 0 Å². The highest BCUT2D eigenvalue weighted by Crippen LogP contribution is 2.77. The number of hydroxylamine groups is 1. The van der Waals surface area contributed by atoms with E-state index in [1.807, 2.05) is 108 Å². The van der Waals surface area contributed by atoms with E-state index in [1.165, 1.54) is 4.90 Å². The molecular weight excluding hydrogens is 600 g/mol. The second kappa shape index (κ2) is 8.75. The van der Waals surface area contributed by atoms with Crippen molar-refractivity contribution >= 4 is 39.1 Å². The van der Waals surface area contributed by atoms with Crippen LogP contribution in [0.4, 0.5) is 11.4 Å². The van der Waals surface area contributed by atoms with Gasteiger partial charge < -0.3 is 0 Å². The van der Waals surface area contributed by atoms with Gasteiger partial charge in [0, 0.05) is 10.4 Å². The number of benzene rings is 5. The first-order valence-corrected chi connectivity index (χ1v) is 15.3. The van der Waals surface area contributed by atoms with Crippen molar-refractivity contribution in [3.8, 4) is 0 Å². The number of halogens is 1. The number of hydrogen-bond acceptors (Lipinski definition) is 4. The summed E-state index contributed by atoms with van der Waals surface area (Å²) < 4.78 is 0.894. The summed E-state index contributed by atoms with van der Waals surface area (Å²) in [4.78, 5) is 39.6. The third kappa shape index (κ3) is 2.90. The molecule has 5 aliphatic rings. The van der Waals surface area contributed by atoms with E-state index in [9.17, 15) is 0 Å². The first-order chi connectivity index (χ1) is 21.1. The van der Waals surface area contributed by atoms with Gasteiger partial charge in [-0.3, -0.25) is 14.4 Å². The Balaban J connectivity index is 1.44. The summed E-state index contributed by atoms with van der Waals surface area (Å²) in [7, 11) is 0. The van der Waals surface area contributed by atoms with Crippen LogP contribution in [0.5, 0.6) is 0 Å². The molecule has 2 saturated heterocycles. The standard InChI is InChI=1S/C37H25BrN2O3/c38-24-13-11-12-23(22-24)33-36-31-27-18-7-9-20-29(27)32(30-21-10-8-19-28(30)31)37(36,43-40(33)26-16-5-2-6-17-26)35(42)39(34(36)41)25-14-3-1-4-15-25/h1-22,31-33H. The summed E-state index contributed by atoms with van der Waals surface area (Å²) in [6, 6.07) is 43.2. The largest absolute Gasteiger partial charge is 0.273 e. The third-order valence-corrected chi connectivity index (χ3v) is 10.4. The molecule has 5 nitrogen and oxygen atoms in total. The minimum Gasteiger partial charge on any atom is -0.273 e. The van der Waals surface area contributed by atoms with E-state index < -0.39 is 28.9 Å².